The fourth-order valence-corrected chi connectivity index (χ4v) is 2.95. The van der Waals surface area contributed by atoms with Crippen LogP contribution in [0.3, 0.4) is 0 Å². The van der Waals surface area contributed by atoms with E-state index in [1.165, 1.54) is 4.68 Å². The van der Waals surface area contributed by atoms with Gasteiger partial charge in [0.05, 0.1) is 19.5 Å². The van der Waals surface area contributed by atoms with Gasteiger partial charge in [0, 0.05) is 17.7 Å². The molecular weight excluding hydrogens is 320 g/mol. The average molecular weight is 338 g/mol. The summed E-state index contributed by atoms with van der Waals surface area (Å²) in [5, 5.41) is 7.48. The van der Waals surface area contributed by atoms with Crippen molar-refractivity contribution in [2.45, 2.75) is 19.5 Å². The lowest BCUT2D eigenvalue weighted by atomic mass is 10.1. The highest BCUT2D eigenvalue weighted by Gasteiger charge is 2.16. The molecule has 0 amide bonds. The highest BCUT2D eigenvalue weighted by atomic mass is 16.5. The van der Waals surface area contributed by atoms with E-state index in [2.05, 4.69) is 15.4 Å². The molecule has 7 nitrogen and oxygen atoms in total. The van der Waals surface area contributed by atoms with Crippen LogP contribution in [0.5, 0.6) is 5.75 Å². The van der Waals surface area contributed by atoms with Gasteiger partial charge in [-0.05, 0) is 30.7 Å². The van der Waals surface area contributed by atoms with Gasteiger partial charge in [-0.25, -0.2) is 9.67 Å². The topological polar surface area (TPSA) is 82.2 Å². The summed E-state index contributed by atoms with van der Waals surface area (Å²) >= 11 is 0. The van der Waals surface area contributed by atoms with E-state index in [0.717, 1.165) is 35.4 Å². The van der Waals surface area contributed by atoms with Crippen LogP contribution in [0.4, 0.5) is 0 Å². The number of hydrogen-bond donors (Lipinski definition) is 1. The fraction of sp³-hybridized carbons (Fsp3) is 0.278. The van der Waals surface area contributed by atoms with E-state index < -0.39 is 0 Å². The van der Waals surface area contributed by atoms with Gasteiger partial charge >= 0.3 is 0 Å². The Hall–Kier alpha value is -2.93. The van der Waals surface area contributed by atoms with Crippen LogP contribution in [0.25, 0.3) is 11.3 Å². The van der Waals surface area contributed by atoms with Crippen LogP contribution in [0.2, 0.25) is 0 Å². The van der Waals surface area contributed by atoms with E-state index in [-0.39, 0.29) is 12.1 Å². The number of methoxy groups -OCH3 is 1. The summed E-state index contributed by atoms with van der Waals surface area (Å²) in [6, 6.07) is 7.55. The molecule has 1 N–H and O–H groups in total. The molecule has 2 aromatic heterocycles. The number of ether oxygens (including phenoxy) is 1. The third kappa shape index (κ3) is 3.06. The maximum atomic E-state index is 12.6. The van der Waals surface area contributed by atoms with E-state index in [1.807, 2.05) is 24.3 Å². The molecular formula is C18H18N4O3. The van der Waals surface area contributed by atoms with Gasteiger partial charge in [0.1, 0.15) is 12.3 Å². The highest BCUT2D eigenvalue weighted by Crippen LogP contribution is 2.24. The molecule has 0 fully saturated rings. The number of fused-ring (bicyclic) bond motifs is 1. The number of benzene rings is 1. The molecule has 3 aromatic rings. The number of oxazole rings is 1. The van der Waals surface area contributed by atoms with E-state index in [0.29, 0.717) is 18.2 Å². The Balaban J connectivity index is 1.60. The van der Waals surface area contributed by atoms with Crippen LogP contribution in [-0.4, -0.2) is 28.4 Å². The standard InChI is InChI=1S/C18H18N4O3/c1-24-14-4-2-3-12(7-14)16-10-20-17(25-16)11-22-18(23)15-5-6-19-8-13(15)9-21-22/h2-4,7,9-10,19H,5-6,8,11H2,1H3. The minimum atomic E-state index is -0.0693. The molecule has 128 valence electrons. The SMILES string of the molecule is COc1cccc(-c2cnc(Cn3ncc4c(c3=O)CCNC4)o2)c1. The van der Waals surface area contributed by atoms with Crippen molar-refractivity contribution in [1.82, 2.24) is 20.1 Å². The van der Waals surface area contributed by atoms with Crippen molar-refractivity contribution in [2.75, 3.05) is 13.7 Å². The van der Waals surface area contributed by atoms with Crippen LogP contribution in [0.15, 0.2) is 45.9 Å². The Labute approximate surface area is 144 Å². The summed E-state index contributed by atoms with van der Waals surface area (Å²) in [6.07, 6.45) is 4.11. The van der Waals surface area contributed by atoms with Crippen molar-refractivity contribution < 1.29 is 9.15 Å². The highest BCUT2D eigenvalue weighted by molar-refractivity contribution is 5.58. The molecule has 1 aromatic carbocycles. The number of rotatable bonds is 4. The first kappa shape index (κ1) is 15.6. The van der Waals surface area contributed by atoms with Crippen molar-refractivity contribution in [3.8, 4) is 17.1 Å². The molecule has 0 aliphatic carbocycles. The largest absolute Gasteiger partial charge is 0.497 e. The molecule has 0 atom stereocenters. The van der Waals surface area contributed by atoms with Crippen molar-refractivity contribution in [1.29, 1.82) is 0 Å². The first-order chi connectivity index (χ1) is 12.2. The van der Waals surface area contributed by atoms with Gasteiger partial charge < -0.3 is 14.5 Å². The molecule has 3 heterocycles. The molecule has 0 radical (unpaired) electrons. The van der Waals surface area contributed by atoms with Gasteiger partial charge in [0.15, 0.2) is 5.76 Å². The molecule has 0 saturated carbocycles. The number of hydrogen-bond acceptors (Lipinski definition) is 6. The van der Waals surface area contributed by atoms with Gasteiger partial charge in [-0.1, -0.05) is 12.1 Å². The van der Waals surface area contributed by atoms with Crippen LogP contribution in [-0.2, 0) is 19.5 Å². The predicted molar refractivity (Wildman–Crippen MR) is 91.5 cm³/mol. The lowest BCUT2D eigenvalue weighted by Gasteiger charge is -2.16. The minimum absolute atomic E-state index is 0.0693. The smallest absolute Gasteiger partial charge is 0.270 e. The maximum absolute atomic E-state index is 12.6. The second kappa shape index (κ2) is 6.52. The Bertz CT molecular complexity index is 961. The normalized spacial score (nSPS) is 13.5. The fourth-order valence-electron chi connectivity index (χ4n) is 2.95. The van der Waals surface area contributed by atoms with Gasteiger partial charge in [-0.3, -0.25) is 4.79 Å². The molecule has 1 aliphatic rings. The molecule has 1 aliphatic heterocycles. The molecule has 0 bridgehead atoms. The van der Waals surface area contributed by atoms with Gasteiger partial charge in [0.2, 0.25) is 5.89 Å². The van der Waals surface area contributed by atoms with Crippen LogP contribution in [0.1, 0.15) is 17.0 Å². The zero-order chi connectivity index (χ0) is 17.2. The van der Waals surface area contributed by atoms with Gasteiger partial charge in [-0.2, -0.15) is 5.10 Å². The van der Waals surface area contributed by atoms with E-state index in [9.17, 15) is 4.79 Å². The Morgan fingerprint density at radius 3 is 3.16 bits per heavy atom. The zero-order valence-electron chi connectivity index (χ0n) is 13.9. The quantitative estimate of drug-likeness (QED) is 0.778. The van der Waals surface area contributed by atoms with Gasteiger partial charge in [0.25, 0.3) is 5.56 Å². The van der Waals surface area contributed by atoms with Crippen molar-refractivity contribution in [3.05, 3.63) is 64.0 Å². The lowest BCUT2D eigenvalue weighted by molar-refractivity contribution is 0.414. The summed E-state index contributed by atoms with van der Waals surface area (Å²) in [5.74, 6) is 1.82. The first-order valence-corrected chi connectivity index (χ1v) is 8.12. The third-order valence-corrected chi connectivity index (χ3v) is 4.29. The third-order valence-electron chi connectivity index (χ3n) is 4.29. The van der Waals surface area contributed by atoms with E-state index in [4.69, 9.17) is 9.15 Å². The minimum Gasteiger partial charge on any atom is -0.497 e. The summed E-state index contributed by atoms with van der Waals surface area (Å²) in [7, 11) is 1.62. The molecule has 0 spiro atoms. The van der Waals surface area contributed by atoms with Crippen LogP contribution < -0.4 is 15.6 Å². The zero-order valence-corrected chi connectivity index (χ0v) is 13.9. The van der Waals surface area contributed by atoms with E-state index >= 15 is 0 Å². The van der Waals surface area contributed by atoms with Crippen molar-refractivity contribution >= 4 is 0 Å². The average Bonchev–Trinajstić information content (AvgIpc) is 3.13. The molecule has 0 saturated heterocycles. The predicted octanol–water partition coefficient (Wildman–Crippen LogP) is 1.60. The van der Waals surface area contributed by atoms with Crippen LogP contribution >= 0.6 is 0 Å². The second-order valence-corrected chi connectivity index (χ2v) is 5.89. The summed E-state index contributed by atoms with van der Waals surface area (Å²) in [6.45, 7) is 1.71. The first-order valence-electron chi connectivity index (χ1n) is 8.12. The number of aromatic nitrogens is 3. The van der Waals surface area contributed by atoms with Crippen LogP contribution in [0, 0.1) is 0 Å². The lowest BCUT2D eigenvalue weighted by Crippen LogP contribution is -2.34. The molecule has 25 heavy (non-hydrogen) atoms. The number of nitrogens with zero attached hydrogens (tertiary/aromatic N) is 3. The van der Waals surface area contributed by atoms with E-state index in [1.54, 1.807) is 19.5 Å². The Morgan fingerprint density at radius 2 is 2.28 bits per heavy atom. The summed E-state index contributed by atoms with van der Waals surface area (Å²) < 4.78 is 12.4. The van der Waals surface area contributed by atoms with Gasteiger partial charge in [-0.15, -0.1) is 0 Å². The molecule has 4 rings (SSSR count). The molecule has 7 heteroatoms. The second-order valence-electron chi connectivity index (χ2n) is 5.89. The van der Waals surface area contributed by atoms with Crippen molar-refractivity contribution in [3.63, 3.8) is 0 Å². The Morgan fingerprint density at radius 1 is 1.36 bits per heavy atom. The summed E-state index contributed by atoms with van der Waals surface area (Å²) in [5.41, 5.74) is 2.60. The van der Waals surface area contributed by atoms with Crippen molar-refractivity contribution in [2.24, 2.45) is 0 Å². The monoisotopic (exact) mass is 338 g/mol. The molecule has 0 unspecified atom stereocenters. The summed E-state index contributed by atoms with van der Waals surface area (Å²) in [4.78, 5) is 16.8. The Kier molecular flexibility index (Phi) is 4.07. The number of nitrogens with one attached hydrogen (secondary N) is 1. The maximum Gasteiger partial charge on any atom is 0.270 e.